The van der Waals surface area contributed by atoms with Gasteiger partial charge in [-0.05, 0) is 24.6 Å². The van der Waals surface area contributed by atoms with E-state index in [0.29, 0.717) is 0 Å². The third-order valence-electron chi connectivity index (χ3n) is 2.86. The molecular formula is C11H11FN4. The Morgan fingerprint density at radius 1 is 1.31 bits per heavy atom. The van der Waals surface area contributed by atoms with Crippen LogP contribution in [0.1, 0.15) is 12.2 Å². The van der Waals surface area contributed by atoms with E-state index in [1.807, 2.05) is 0 Å². The van der Waals surface area contributed by atoms with Crippen molar-refractivity contribution in [1.82, 2.24) is 14.8 Å². The highest BCUT2D eigenvalue weighted by atomic mass is 19.1. The van der Waals surface area contributed by atoms with Crippen molar-refractivity contribution in [1.29, 1.82) is 0 Å². The predicted octanol–water partition coefficient (Wildman–Crippen LogP) is 1.61. The summed E-state index contributed by atoms with van der Waals surface area (Å²) in [4.78, 5) is 0. The molecule has 4 nitrogen and oxygen atoms in total. The minimum atomic E-state index is -0.398. The van der Waals surface area contributed by atoms with E-state index in [9.17, 15) is 4.39 Å². The molecule has 82 valence electrons. The highest BCUT2D eigenvalue weighted by Gasteiger charge is 2.18. The molecule has 16 heavy (non-hydrogen) atoms. The lowest BCUT2D eigenvalue weighted by Crippen LogP contribution is -1.98. The molecule has 0 amide bonds. The molecule has 0 saturated carbocycles. The highest BCUT2D eigenvalue weighted by Crippen LogP contribution is 2.25. The number of hydrogen-bond acceptors (Lipinski definition) is 3. The number of hydrogen-bond donors (Lipinski definition) is 1. The highest BCUT2D eigenvalue weighted by molar-refractivity contribution is 5.62. The normalized spacial score (nSPS) is 14.1. The molecule has 1 aromatic heterocycles. The number of nitrogen functional groups attached to an aromatic ring is 1. The molecule has 0 aliphatic carbocycles. The number of halogens is 1. The Morgan fingerprint density at radius 2 is 2.19 bits per heavy atom. The summed E-state index contributed by atoms with van der Waals surface area (Å²) in [6.45, 7) is 0.926. The van der Waals surface area contributed by atoms with Gasteiger partial charge in [-0.1, -0.05) is 0 Å². The first-order chi connectivity index (χ1) is 7.75. The Kier molecular flexibility index (Phi) is 1.92. The fourth-order valence-electron chi connectivity index (χ4n) is 2.05. The van der Waals surface area contributed by atoms with E-state index in [1.165, 1.54) is 6.07 Å². The van der Waals surface area contributed by atoms with Gasteiger partial charge in [0.05, 0.1) is 5.69 Å². The Hall–Kier alpha value is -1.91. The van der Waals surface area contributed by atoms with Gasteiger partial charge in [-0.25, -0.2) is 4.39 Å². The van der Waals surface area contributed by atoms with Gasteiger partial charge in [-0.15, -0.1) is 10.2 Å². The average molecular weight is 218 g/mol. The zero-order valence-electron chi connectivity index (χ0n) is 8.65. The van der Waals surface area contributed by atoms with E-state index >= 15 is 0 Å². The van der Waals surface area contributed by atoms with Crippen molar-refractivity contribution < 1.29 is 4.39 Å². The molecular weight excluding hydrogens is 207 g/mol. The number of aryl methyl sites for hydroxylation is 1. The molecule has 1 aromatic carbocycles. The third-order valence-corrected chi connectivity index (χ3v) is 2.86. The summed E-state index contributed by atoms with van der Waals surface area (Å²) in [6.07, 6.45) is 2.05. The molecule has 0 bridgehead atoms. The zero-order valence-corrected chi connectivity index (χ0v) is 8.65. The molecule has 2 N–H and O–H groups in total. The SMILES string of the molecule is Nc1cc(-c2nnc3n2CCC3)ccc1F. The van der Waals surface area contributed by atoms with Crippen LogP contribution in [-0.2, 0) is 13.0 Å². The Morgan fingerprint density at radius 3 is 3.00 bits per heavy atom. The second kappa shape index (κ2) is 3.30. The topological polar surface area (TPSA) is 56.7 Å². The number of benzene rings is 1. The summed E-state index contributed by atoms with van der Waals surface area (Å²) in [7, 11) is 0. The van der Waals surface area contributed by atoms with E-state index < -0.39 is 5.82 Å². The van der Waals surface area contributed by atoms with E-state index in [-0.39, 0.29) is 5.69 Å². The molecule has 1 aliphatic rings. The van der Waals surface area contributed by atoms with Crippen LogP contribution in [0, 0.1) is 5.82 Å². The van der Waals surface area contributed by atoms with E-state index in [4.69, 9.17) is 5.73 Å². The lowest BCUT2D eigenvalue weighted by molar-refractivity contribution is 0.632. The first-order valence-electron chi connectivity index (χ1n) is 5.23. The number of rotatable bonds is 1. The maximum absolute atomic E-state index is 13.0. The van der Waals surface area contributed by atoms with Gasteiger partial charge in [0.1, 0.15) is 11.6 Å². The zero-order chi connectivity index (χ0) is 11.1. The second-order valence-electron chi connectivity index (χ2n) is 3.93. The van der Waals surface area contributed by atoms with Crippen LogP contribution >= 0.6 is 0 Å². The van der Waals surface area contributed by atoms with Gasteiger partial charge < -0.3 is 10.3 Å². The lowest BCUT2D eigenvalue weighted by atomic mass is 10.2. The Labute approximate surface area is 91.9 Å². The van der Waals surface area contributed by atoms with Gasteiger partial charge >= 0.3 is 0 Å². The van der Waals surface area contributed by atoms with Crippen molar-refractivity contribution >= 4 is 5.69 Å². The second-order valence-corrected chi connectivity index (χ2v) is 3.93. The number of nitrogens with two attached hydrogens (primary N) is 1. The van der Waals surface area contributed by atoms with Crippen molar-refractivity contribution in [3.8, 4) is 11.4 Å². The van der Waals surface area contributed by atoms with Crippen LogP contribution in [0.25, 0.3) is 11.4 Å². The van der Waals surface area contributed by atoms with Gasteiger partial charge in [-0.3, -0.25) is 0 Å². The van der Waals surface area contributed by atoms with Gasteiger partial charge in [0, 0.05) is 18.5 Å². The number of nitrogens with zero attached hydrogens (tertiary/aromatic N) is 3. The first kappa shape index (κ1) is 9.33. The largest absolute Gasteiger partial charge is 0.396 e. The first-order valence-corrected chi connectivity index (χ1v) is 5.23. The van der Waals surface area contributed by atoms with Crippen LogP contribution in [0.3, 0.4) is 0 Å². The number of fused-ring (bicyclic) bond motifs is 1. The van der Waals surface area contributed by atoms with Crippen molar-refractivity contribution in [2.24, 2.45) is 0 Å². The van der Waals surface area contributed by atoms with Crippen molar-refractivity contribution in [3.05, 3.63) is 29.8 Å². The summed E-state index contributed by atoms with van der Waals surface area (Å²) in [5, 5.41) is 8.22. The van der Waals surface area contributed by atoms with Gasteiger partial charge in [0.25, 0.3) is 0 Å². The van der Waals surface area contributed by atoms with E-state index in [1.54, 1.807) is 12.1 Å². The van der Waals surface area contributed by atoms with Crippen LogP contribution in [0.2, 0.25) is 0 Å². The third kappa shape index (κ3) is 1.28. The molecule has 0 radical (unpaired) electrons. The molecule has 0 spiro atoms. The minimum Gasteiger partial charge on any atom is -0.396 e. The molecule has 0 saturated heterocycles. The predicted molar refractivity (Wildman–Crippen MR) is 58.1 cm³/mol. The van der Waals surface area contributed by atoms with Crippen LogP contribution in [0.15, 0.2) is 18.2 Å². The van der Waals surface area contributed by atoms with Gasteiger partial charge in [0.2, 0.25) is 0 Å². The molecule has 0 unspecified atom stereocenters. The molecule has 3 rings (SSSR count). The maximum atomic E-state index is 13.0. The fraction of sp³-hybridized carbons (Fsp3) is 0.273. The van der Waals surface area contributed by atoms with E-state index in [2.05, 4.69) is 14.8 Å². The average Bonchev–Trinajstić information content (AvgIpc) is 2.83. The summed E-state index contributed by atoms with van der Waals surface area (Å²) in [5.74, 6) is 1.38. The maximum Gasteiger partial charge on any atom is 0.164 e. The molecule has 1 aliphatic heterocycles. The van der Waals surface area contributed by atoms with Crippen LogP contribution in [0.5, 0.6) is 0 Å². The Bertz CT molecular complexity index is 547. The quantitative estimate of drug-likeness (QED) is 0.740. The minimum absolute atomic E-state index is 0.146. The molecule has 5 heteroatoms. The van der Waals surface area contributed by atoms with Crippen LogP contribution < -0.4 is 5.73 Å². The monoisotopic (exact) mass is 218 g/mol. The summed E-state index contributed by atoms with van der Waals surface area (Å²) in [5.41, 5.74) is 6.50. The summed E-state index contributed by atoms with van der Waals surface area (Å²) < 4.78 is 15.1. The number of aromatic nitrogens is 3. The van der Waals surface area contributed by atoms with Gasteiger partial charge in [-0.2, -0.15) is 0 Å². The molecule has 2 aromatic rings. The smallest absolute Gasteiger partial charge is 0.164 e. The standard InChI is InChI=1S/C11H11FN4/c12-8-4-3-7(6-9(8)13)11-15-14-10-2-1-5-16(10)11/h3-4,6H,1-2,5,13H2. The summed E-state index contributed by atoms with van der Waals surface area (Å²) >= 11 is 0. The Balaban J connectivity index is 2.11. The van der Waals surface area contributed by atoms with Crippen LogP contribution in [0.4, 0.5) is 10.1 Å². The molecule has 0 fully saturated rings. The van der Waals surface area contributed by atoms with Crippen LogP contribution in [-0.4, -0.2) is 14.8 Å². The number of anilines is 1. The fourth-order valence-corrected chi connectivity index (χ4v) is 2.05. The van der Waals surface area contributed by atoms with Gasteiger partial charge in [0.15, 0.2) is 5.82 Å². The molecule has 0 atom stereocenters. The van der Waals surface area contributed by atoms with Crippen molar-refractivity contribution in [3.63, 3.8) is 0 Å². The van der Waals surface area contributed by atoms with E-state index in [0.717, 1.165) is 36.6 Å². The lowest BCUT2D eigenvalue weighted by Gasteiger charge is -2.04. The van der Waals surface area contributed by atoms with Crippen molar-refractivity contribution in [2.45, 2.75) is 19.4 Å². The van der Waals surface area contributed by atoms with Crippen molar-refractivity contribution in [2.75, 3.05) is 5.73 Å². The molecule has 2 heterocycles. The summed E-state index contributed by atoms with van der Waals surface area (Å²) in [6, 6.07) is 4.65.